The highest BCUT2D eigenvalue weighted by atomic mass is 19.4. The normalized spacial score (nSPS) is 17.6. The molecule has 1 amide bonds. The van der Waals surface area contributed by atoms with Gasteiger partial charge in [-0.25, -0.2) is 14.5 Å². The lowest BCUT2D eigenvalue weighted by molar-refractivity contribution is -0.143. The van der Waals surface area contributed by atoms with Crippen LogP contribution in [-0.4, -0.2) is 41.5 Å². The molecule has 0 radical (unpaired) electrons. The van der Waals surface area contributed by atoms with Crippen LogP contribution in [-0.2, 0) is 17.5 Å². The lowest BCUT2D eigenvalue weighted by atomic mass is 9.99. The van der Waals surface area contributed by atoms with E-state index in [9.17, 15) is 18.0 Å². The summed E-state index contributed by atoms with van der Waals surface area (Å²) >= 11 is 0. The summed E-state index contributed by atoms with van der Waals surface area (Å²) in [4.78, 5) is 23.1. The molecule has 4 heterocycles. The van der Waals surface area contributed by atoms with E-state index >= 15 is 0 Å². The van der Waals surface area contributed by atoms with Gasteiger partial charge in [-0.3, -0.25) is 4.79 Å². The van der Waals surface area contributed by atoms with Crippen LogP contribution in [0.2, 0.25) is 0 Å². The number of imidazole rings is 1. The molecule has 1 saturated heterocycles. The number of hydrogen-bond donors (Lipinski definition) is 0. The second kappa shape index (κ2) is 7.73. The van der Waals surface area contributed by atoms with Crippen molar-refractivity contribution in [1.82, 2.24) is 29.0 Å². The van der Waals surface area contributed by atoms with Gasteiger partial charge in [0.2, 0.25) is 5.91 Å². The van der Waals surface area contributed by atoms with Crippen molar-refractivity contribution in [1.29, 1.82) is 0 Å². The Morgan fingerprint density at radius 2 is 2.03 bits per heavy atom. The van der Waals surface area contributed by atoms with Crippen molar-refractivity contribution in [3.8, 4) is 0 Å². The number of nitrogens with zero attached hydrogens (tertiary/aromatic N) is 6. The molecule has 0 aromatic carbocycles. The number of halogens is 3. The molecule has 1 fully saturated rings. The molecular weight excluding hydrogens is 397 g/mol. The fraction of sp³-hybridized carbons (Fsp3) is 0.500. The molecule has 0 aliphatic carbocycles. The van der Waals surface area contributed by atoms with E-state index in [0.717, 1.165) is 29.2 Å². The Labute approximate surface area is 171 Å². The molecule has 0 unspecified atom stereocenters. The maximum Gasteiger partial charge on any atom is 0.433 e. The summed E-state index contributed by atoms with van der Waals surface area (Å²) in [6.45, 7) is 4.48. The van der Waals surface area contributed by atoms with Gasteiger partial charge in [-0.15, -0.1) is 0 Å². The minimum Gasteiger partial charge on any atom is -0.335 e. The quantitative estimate of drug-likeness (QED) is 0.645. The number of piperidine rings is 1. The van der Waals surface area contributed by atoms with E-state index in [1.165, 1.54) is 6.92 Å². The summed E-state index contributed by atoms with van der Waals surface area (Å²) in [7, 11) is 0. The molecule has 0 saturated carbocycles. The smallest absolute Gasteiger partial charge is 0.335 e. The molecule has 1 atom stereocenters. The summed E-state index contributed by atoms with van der Waals surface area (Å²) in [5.74, 6) is 0.796. The number of aryl methyl sites for hydroxylation is 3. The number of alkyl halides is 3. The van der Waals surface area contributed by atoms with Crippen LogP contribution >= 0.6 is 0 Å². The van der Waals surface area contributed by atoms with Gasteiger partial charge in [0, 0.05) is 43.7 Å². The van der Waals surface area contributed by atoms with Gasteiger partial charge in [0.25, 0.3) is 0 Å². The average molecular weight is 420 g/mol. The van der Waals surface area contributed by atoms with Crippen molar-refractivity contribution in [2.75, 3.05) is 6.54 Å². The van der Waals surface area contributed by atoms with Crippen molar-refractivity contribution in [2.45, 2.75) is 58.3 Å². The first-order valence-electron chi connectivity index (χ1n) is 9.96. The van der Waals surface area contributed by atoms with Crippen LogP contribution in [0.25, 0.3) is 5.65 Å². The number of fused-ring (bicyclic) bond motifs is 1. The first-order chi connectivity index (χ1) is 14.2. The number of amides is 1. The van der Waals surface area contributed by atoms with E-state index < -0.39 is 11.9 Å². The van der Waals surface area contributed by atoms with Gasteiger partial charge in [-0.1, -0.05) is 0 Å². The van der Waals surface area contributed by atoms with Crippen molar-refractivity contribution in [3.05, 3.63) is 47.4 Å². The van der Waals surface area contributed by atoms with Crippen LogP contribution in [0.1, 0.15) is 54.6 Å². The Balaban J connectivity index is 1.61. The zero-order valence-corrected chi connectivity index (χ0v) is 16.9. The minimum absolute atomic E-state index is 0.0370. The number of carbonyl (C=O) groups is 1. The third-order valence-electron chi connectivity index (χ3n) is 5.52. The molecule has 0 bridgehead atoms. The summed E-state index contributed by atoms with van der Waals surface area (Å²) < 4.78 is 43.1. The van der Waals surface area contributed by atoms with Gasteiger partial charge in [0.15, 0.2) is 5.65 Å². The number of hydrogen-bond acceptors (Lipinski definition) is 4. The molecule has 7 nitrogen and oxygen atoms in total. The Hall–Kier alpha value is -2.91. The maximum atomic E-state index is 13.5. The van der Waals surface area contributed by atoms with Crippen LogP contribution in [0.15, 0.2) is 24.5 Å². The summed E-state index contributed by atoms with van der Waals surface area (Å²) in [5.41, 5.74) is 0.00358. The van der Waals surface area contributed by atoms with E-state index in [1.807, 2.05) is 17.7 Å². The standard InChI is InChI=1S/C20H23F3N6O/c1-13-11-17(20(21,22)23)29-18(25-13)12-15(26-29)16-5-3-4-8-28(16)19(30)6-9-27-10-7-24-14(27)2/h7,10-12,16H,3-6,8-9H2,1-2H3/t16-/m0/s1. The second-order valence-corrected chi connectivity index (χ2v) is 7.64. The molecular formula is C20H23F3N6O. The van der Waals surface area contributed by atoms with E-state index in [4.69, 9.17) is 0 Å². The van der Waals surface area contributed by atoms with Crippen molar-refractivity contribution in [2.24, 2.45) is 0 Å². The van der Waals surface area contributed by atoms with Crippen molar-refractivity contribution < 1.29 is 18.0 Å². The van der Waals surface area contributed by atoms with Gasteiger partial charge in [-0.2, -0.15) is 18.3 Å². The number of carbonyl (C=O) groups excluding carboxylic acids is 1. The zero-order valence-electron chi connectivity index (χ0n) is 16.9. The van der Waals surface area contributed by atoms with E-state index in [1.54, 1.807) is 17.2 Å². The van der Waals surface area contributed by atoms with E-state index in [0.29, 0.717) is 31.6 Å². The van der Waals surface area contributed by atoms with E-state index in [2.05, 4.69) is 15.1 Å². The molecule has 3 aromatic rings. The topological polar surface area (TPSA) is 68.3 Å². The van der Waals surface area contributed by atoms with Crippen LogP contribution in [0, 0.1) is 13.8 Å². The third kappa shape index (κ3) is 3.90. The molecule has 160 valence electrons. The predicted molar refractivity (Wildman–Crippen MR) is 103 cm³/mol. The van der Waals surface area contributed by atoms with Crippen LogP contribution in [0.5, 0.6) is 0 Å². The third-order valence-corrected chi connectivity index (χ3v) is 5.52. The molecule has 30 heavy (non-hydrogen) atoms. The summed E-state index contributed by atoms with van der Waals surface area (Å²) in [6, 6.07) is 2.21. The molecule has 10 heteroatoms. The number of likely N-dealkylation sites (tertiary alicyclic amines) is 1. The first-order valence-corrected chi connectivity index (χ1v) is 9.96. The minimum atomic E-state index is -4.54. The number of aromatic nitrogens is 5. The van der Waals surface area contributed by atoms with Crippen LogP contribution in [0.3, 0.4) is 0 Å². The fourth-order valence-electron chi connectivity index (χ4n) is 4.02. The second-order valence-electron chi connectivity index (χ2n) is 7.64. The SMILES string of the molecule is Cc1cc(C(F)(F)F)n2nc([C@@H]3CCCCN3C(=O)CCn3ccnc3C)cc2n1. The zero-order chi connectivity index (χ0) is 21.5. The van der Waals surface area contributed by atoms with Crippen molar-refractivity contribution >= 4 is 11.6 Å². The Morgan fingerprint density at radius 3 is 2.73 bits per heavy atom. The monoisotopic (exact) mass is 420 g/mol. The summed E-state index contributed by atoms with van der Waals surface area (Å²) in [5, 5.41) is 4.23. The molecule has 1 aliphatic rings. The molecule has 4 rings (SSSR count). The first kappa shape index (κ1) is 20.4. The van der Waals surface area contributed by atoms with Gasteiger partial charge in [-0.05, 0) is 39.2 Å². The number of rotatable bonds is 4. The lowest BCUT2D eigenvalue weighted by Crippen LogP contribution is -2.39. The molecule has 0 spiro atoms. The highest BCUT2D eigenvalue weighted by molar-refractivity contribution is 5.76. The Morgan fingerprint density at radius 1 is 1.23 bits per heavy atom. The maximum absolute atomic E-state index is 13.5. The highest BCUT2D eigenvalue weighted by Crippen LogP contribution is 2.34. The van der Waals surface area contributed by atoms with Gasteiger partial charge < -0.3 is 9.47 Å². The highest BCUT2D eigenvalue weighted by Gasteiger charge is 2.36. The van der Waals surface area contributed by atoms with Crippen molar-refractivity contribution in [3.63, 3.8) is 0 Å². The summed E-state index contributed by atoms with van der Waals surface area (Å²) in [6.07, 6.45) is 1.69. The van der Waals surface area contributed by atoms with Gasteiger partial charge >= 0.3 is 6.18 Å². The van der Waals surface area contributed by atoms with Crippen LogP contribution < -0.4 is 0 Å². The molecule has 0 N–H and O–H groups in total. The fourth-order valence-corrected chi connectivity index (χ4v) is 4.02. The average Bonchev–Trinajstić information content (AvgIpc) is 3.30. The van der Waals surface area contributed by atoms with Gasteiger partial charge in [0.05, 0.1) is 11.7 Å². The predicted octanol–water partition coefficient (Wildman–Crippen LogP) is 3.71. The Bertz CT molecular complexity index is 1070. The largest absolute Gasteiger partial charge is 0.433 e. The lowest BCUT2D eigenvalue weighted by Gasteiger charge is -2.35. The van der Waals surface area contributed by atoms with Gasteiger partial charge in [0.1, 0.15) is 11.5 Å². The molecule has 1 aliphatic heterocycles. The molecule has 3 aromatic heterocycles. The van der Waals surface area contributed by atoms with Crippen LogP contribution in [0.4, 0.5) is 13.2 Å². The Kier molecular flexibility index (Phi) is 5.25. The van der Waals surface area contributed by atoms with E-state index in [-0.39, 0.29) is 23.3 Å².